The van der Waals surface area contributed by atoms with Gasteiger partial charge in [-0.2, -0.15) is 4.31 Å². The maximum atomic E-state index is 13.4. The van der Waals surface area contributed by atoms with Crippen molar-refractivity contribution < 1.29 is 27.5 Å². The van der Waals surface area contributed by atoms with E-state index >= 15 is 0 Å². The fraction of sp³-hybridized carbons (Fsp3) is 0.333. The van der Waals surface area contributed by atoms with Gasteiger partial charge in [-0.25, -0.2) is 17.6 Å². The Morgan fingerprint density at radius 3 is 2.67 bits per heavy atom. The van der Waals surface area contributed by atoms with Gasteiger partial charge in [-0.15, -0.1) is 11.3 Å². The molecule has 2 heterocycles. The first-order valence-corrected chi connectivity index (χ1v) is 11.8. The molecule has 30 heavy (non-hydrogen) atoms. The van der Waals surface area contributed by atoms with Crippen LogP contribution in [0.25, 0.3) is 0 Å². The number of hydrogen-bond acceptors (Lipinski definition) is 5. The van der Waals surface area contributed by atoms with Gasteiger partial charge in [0, 0.05) is 13.0 Å². The molecular weight excluding hydrogens is 478 g/mol. The van der Waals surface area contributed by atoms with Crippen LogP contribution < -0.4 is 5.32 Å². The number of thiophene rings is 1. The Bertz CT molecular complexity index is 1060. The van der Waals surface area contributed by atoms with Crippen molar-refractivity contribution in [1.82, 2.24) is 9.62 Å². The van der Waals surface area contributed by atoms with Gasteiger partial charge < -0.3 is 10.4 Å². The highest BCUT2D eigenvalue weighted by molar-refractivity contribution is 7.91. The number of benzene rings is 1. The summed E-state index contributed by atoms with van der Waals surface area (Å²) in [5, 5.41) is 11.9. The molecule has 0 saturated carbocycles. The first kappa shape index (κ1) is 23.0. The molecule has 1 fully saturated rings. The molecule has 0 bridgehead atoms. The van der Waals surface area contributed by atoms with Gasteiger partial charge in [0.25, 0.3) is 10.0 Å². The van der Waals surface area contributed by atoms with E-state index in [1.165, 1.54) is 24.3 Å². The summed E-state index contributed by atoms with van der Waals surface area (Å²) in [4.78, 5) is 24.4. The molecule has 0 aliphatic carbocycles. The SMILES string of the molecule is O=C(O)[C@H](Cc1cccc(F)c1)NC(=O)[C@@H]1CCCN1S(=O)(=O)c1cc(Cl)c(Cl)s1. The molecule has 1 saturated heterocycles. The summed E-state index contributed by atoms with van der Waals surface area (Å²) in [5.74, 6) is -2.56. The minimum atomic E-state index is -4.03. The van der Waals surface area contributed by atoms with Crippen molar-refractivity contribution in [3.63, 3.8) is 0 Å². The van der Waals surface area contributed by atoms with E-state index in [9.17, 15) is 27.5 Å². The lowest BCUT2D eigenvalue weighted by Gasteiger charge is -2.24. The molecule has 12 heteroatoms. The zero-order valence-electron chi connectivity index (χ0n) is 15.3. The summed E-state index contributed by atoms with van der Waals surface area (Å²) in [5.41, 5.74) is 0.390. The van der Waals surface area contributed by atoms with Gasteiger partial charge in [0.1, 0.15) is 26.4 Å². The minimum Gasteiger partial charge on any atom is -0.480 e. The maximum Gasteiger partial charge on any atom is 0.326 e. The summed E-state index contributed by atoms with van der Waals surface area (Å²) < 4.78 is 40.3. The Hall–Kier alpha value is -1.72. The lowest BCUT2D eigenvalue weighted by molar-refractivity contribution is -0.142. The summed E-state index contributed by atoms with van der Waals surface area (Å²) in [6, 6.07) is 4.21. The molecule has 2 N–H and O–H groups in total. The van der Waals surface area contributed by atoms with Crippen molar-refractivity contribution >= 4 is 56.4 Å². The molecule has 1 aliphatic rings. The van der Waals surface area contributed by atoms with Crippen molar-refractivity contribution in [3.05, 3.63) is 51.1 Å². The summed E-state index contributed by atoms with van der Waals surface area (Å²) in [7, 11) is -4.03. The predicted octanol–water partition coefficient (Wildman–Crippen LogP) is 3.16. The third kappa shape index (κ3) is 4.94. The number of carbonyl (C=O) groups excluding carboxylic acids is 1. The molecule has 3 rings (SSSR count). The molecule has 0 spiro atoms. The lowest BCUT2D eigenvalue weighted by Crippen LogP contribution is -2.51. The number of nitrogens with one attached hydrogen (secondary N) is 1. The number of carboxylic acid groups (broad SMARTS) is 1. The van der Waals surface area contributed by atoms with E-state index in [0.717, 1.165) is 15.6 Å². The number of aliphatic carboxylic acids is 1. The second-order valence-corrected chi connectivity index (χ2v) is 10.9. The number of carbonyl (C=O) groups is 2. The molecule has 1 amide bonds. The molecule has 7 nitrogen and oxygen atoms in total. The fourth-order valence-corrected chi connectivity index (χ4v) is 6.89. The number of amides is 1. The van der Waals surface area contributed by atoms with Gasteiger partial charge in [0.15, 0.2) is 0 Å². The van der Waals surface area contributed by atoms with Crippen molar-refractivity contribution in [2.24, 2.45) is 0 Å². The highest BCUT2D eigenvalue weighted by Gasteiger charge is 2.41. The standard InChI is InChI=1S/C18H17Cl2FN2O5S2/c19-12-9-15(29-16(12)20)30(27,28)23-6-2-5-14(23)17(24)22-13(18(25)26)8-10-3-1-4-11(21)7-10/h1,3-4,7,9,13-14H,2,5-6,8H2,(H,22,24)(H,25,26)/t13-,14-/m0/s1. The van der Waals surface area contributed by atoms with E-state index in [4.69, 9.17) is 23.2 Å². The average molecular weight is 495 g/mol. The van der Waals surface area contributed by atoms with E-state index in [-0.39, 0.29) is 33.0 Å². The third-order valence-electron chi connectivity index (χ3n) is 4.64. The van der Waals surface area contributed by atoms with Crippen LogP contribution in [0.15, 0.2) is 34.5 Å². The van der Waals surface area contributed by atoms with E-state index in [1.54, 1.807) is 6.07 Å². The van der Waals surface area contributed by atoms with Crippen LogP contribution in [0.4, 0.5) is 4.39 Å². The van der Waals surface area contributed by atoms with Gasteiger partial charge in [-0.1, -0.05) is 35.3 Å². The van der Waals surface area contributed by atoms with Crippen molar-refractivity contribution in [2.75, 3.05) is 6.54 Å². The number of halogens is 3. The van der Waals surface area contributed by atoms with Crippen LogP contribution in [0, 0.1) is 5.82 Å². The molecule has 1 aliphatic heterocycles. The van der Waals surface area contributed by atoms with Crippen molar-refractivity contribution in [2.45, 2.75) is 35.6 Å². The van der Waals surface area contributed by atoms with Crippen molar-refractivity contribution in [1.29, 1.82) is 0 Å². The minimum absolute atomic E-state index is 0.0910. The van der Waals surface area contributed by atoms with Crippen LogP contribution in [-0.2, 0) is 26.0 Å². The predicted molar refractivity (Wildman–Crippen MR) is 111 cm³/mol. The smallest absolute Gasteiger partial charge is 0.326 e. The molecule has 162 valence electrons. The Kier molecular flexibility index (Phi) is 7.03. The molecule has 2 aromatic rings. The Morgan fingerprint density at radius 1 is 1.33 bits per heavy atom. The van der Waals surface area contributed by atoms with Gasteiger partial charge in [-0.3, -0.25) is 4.79 Å². The lowest BCUT2D eigenvalue weighted by atomic mass is 10.1. The van der Waals surface area contributed by atoms with Crippen LogP contribution >= 0.6 is 34.5 Å². The Balaban J connectivity index is 1.77. The molecule has 1 aromatic heterocycles. The zero-order valence-corrected chi connectivity index (χ0v) is 18.5. The second kappa shape index (κ2) is 9.19. The number of carboxylic acids is 1. The van der Waals surface area contributed by atoms with Crippen LogP contribution in [0.2, 0.25) is 9.36 Å². The van der Waals surface area contributed by atoms with Crippen LogP contribution in [0.3, 0.4) is 0 Å². The first-order chi connectivity index (χ1) is 14.1. The quantitative estimate of drug-likeness (QED) is 0.615. The first-order valence-electron chi connectivity index (χ1n) is 8.84. The molecule has 2 atom stereocenters. The summed E-state index contributed by atoms with van der Waals surface area (Å²) in [6.45, 7) is 0.106. The van der Waals surface area contributed by atoms with E-state index in [2.05, 4.69) is 5.32 Å². The Morgan fingerprint density at radius 2 is 2.07 bits per heavy atom. The maximum absolute atomic E-state index is 13.4. The number of rotatable bonds is 7. The molecular formula is C18H17Cl2FN2O5S2. The van der Waals surface area contributed by atoms with Gasteiger partial charge in [0.2, 0.25) is 5.91 Å². The molecule has 1 aromatic carbocycles. The zero-order chi connectivity index (χ0) is 22.1. The summed E-state index contributed by atoms with van der Waals surface area (Å²) in [6.07, 6.45) is 0.532. The largest absolute Gasteiger partial charge is 0.480 e. The van der Waals surface area contributed by atoms with Crippen LogP contribution in [-0.4, -0.2) is 48.3 Å². The molecule has 0 radical (unpaired) electrons. The Labute approximate surface area is 186 Å². The summed E-state index contributed by atoms with van der Waals surface area (Å²) >= 11 is 12.5. The number of nitrogens with zero attached hydrogens (tertiary/aromatic N) is 1. The highest BCUT2D eigenvalue weighted by atomic mass is 35.5. The second-order valence-electron chi connectivity index (χ2n) is 6.69. The number of sulfonamides is 1. The van der Waals surface area contributed by atoms with Crippen molar-refractivity contribution in [3.8, 4) is 0 Å². The van der Waals surface area contributed by atoms with Gasteiger partial charge in [0.05, 0.1) is 5.02 Å². The van der Waals surface area contributed by atoms with E-state index in [0.29, 0.717) is 12.0 Å². The molecule has 0 unspecified atom stereocenters. The van der Waals surface area contributed by atoms with Crippen LogP contribution in [0.1, 0.15) is 18.4 Å². The van der Waals surface area contributed by atoms with Gasteiger partial charge >= 0.3 is 5.97 Å². The van der Waals surface area contributed by atoms with Crippen LogP contribution in [0.5, 0.6) is 0 Å². The average Bonchev–Trinajstić information content (AvgIpc) is 3.29. The third-order valence-corrected chi connectivity index (χ3v) is 8.86. The van der Waals surface area contributed by atoms with E-state index in [1.807, 2.05) is 0 Å². The van der Waals surface area contributed by atoms with E-state index < -0.39 is 39.8 Å². The normalized spacial score (nSPS) is 18.3. The topological polar surface area (TPSA) is 104 Å². The number of hydrogen-bond donors (Lipinski definition) is 2. The van der Waals surface area contributed by atoms with Gasteiger partial charge in [-0.05, 0) is 36.6 Å². The monoisotopic (exact) mass is 494 g/mol. The fourth-order valence-electron chi connectivity index (χ4n) is 3.23. The highest BCUT2D eigenvalue weighted by Crippen LogP contribution is 2.37.